The van der Waals surface area contributed by atoms with Gasteiger partial charge in [-0.15, -0.1) is 0 Å². The van der Waals surface area contributed by atoms with E-state index in [0.717, 1.165) is 21.5 Å². The van der Waals surface area contributed by atoms with Crippen molar-refractivity contribution in [1.82, 2.24) is 0 Å². The number of aliphatic hydroxyl groups excluding tert-OH is 1. The van der Waals surface area contributed by atoms with Crippen molar-refractivity contribution < 1.29 is 9.84 Å². The number of nitrogens with one attached hydrogen (secondary N) is 1. The van der Waals surface area contributed by atoms with Crippen molar-refractivity contribution in [2.75, 3.05) is 18.5 Å². The minimum Gasteiger partial charge on any atom is -0.484 e. The Morgan fingerprint density at radius 2 is 2.43 bits per heavy atom. The third-order valence-corrected chi connectivity index (χ3v) is 2.71. The normalized spacial score (nSPS) is 19.5. The quantitative estimate of drug-likeness (QED) is 0.808. The molecule has 0 amide bonds. The van der Waals surface area contributed by atoms with Crippen LogP contribution in [0.3, 0.4) is 0 Å². The van der Waals surface area contributed by atoms with Gasteiger partial charge in [0.15, 0.2) is 0 Å². The van der Waals surface area contributed by atoms with Gasteiger partial charge in [-0.3, -0.25) is 0 Å². The molecule has 0 bridgehead atoms. The van der Waals surface area contributed by atoms with Crippen LogP contribution in [0, 0.1) is 6.92 Å². The van der Waals surface area contributed by atoms with Gasteiger partial charge in [-0.2, -0.15) is 0 Å². The van der Waals surface area contributed by atoms with E-state index < -0.39 is 0 Å². The fraction of sp³-hybridized carbons (Fsp3) is 0.400. The van der Waals surface area contributed by atoms with Crippen LogP contribution in [-0.2, 0) is 0 Å². The third-order valence-electron chi connectivity index (χ3n) is 2.25. The summed E-state index contributed by atoms with van der Waals surface area (Å²) in [5, 5.41) is 12.2. The highest BCUT2D eigenvalue weighted by Gasteiger charge is 2.20. The van der Waals surface area contributed by atoms with Gasteiger partial charge < -0.3 is 15.2 Å². The third kappa shape index (κ3) is 1.72. The van der Waals surface area contributed by atoms with Crippen LogP contribution in [-0.4, -0.2) is 24.4 Å². The van der Waals surface area contributed by atoms with Gasteiger partial charge in [0.05, 0.1) is 18.8 Å². The Morgan fingerprint density at radius 1 is 1.64 bits per heavy atom. The van der Waals surface area contributed by atoms with E-state index in [-0.39, 0.29) is 12.7 Å². The highest BCUT2D eigenvalue weighted by Crippen LogP contribution is 2.35. The van der Waals surface area contributed by atoms with Crippen molar-refractivity contribution in [3.05, 3.63) is 22.2 Å². The summed E-state index contributed by atoms with van der Waals surface area (Å²) in [4.78, 5) is 0. The number of ether oxygens (including phenoxy) is 1. The maximum absolute atomic E-state index is 8.99. The van der Waals surface area contributed by atoms with Crippen molar-refractivity contribution in [2.45, 2.75) is 13.0 Å². The standard InChI is InChI=1S/C10H12BrNO2/c1-6-2-7(11)3-9-10(6)14-8(5-13)4-12-9/h2-3,8,12-13H,4-5H2,1H3/t8-/m1/s1. The molecule has 0 fully saturated rings. The summed E-state index contributed by atoms with van der Waals surface area (Å²) < 4.78 is 6.67. The van der Waals surface area contributed by atoms with Crippen LogP contribution < -0.4 is 10.1 Å². The van der Waals surface area contributed by atoms with Crippen LogP contribution >= 0.6 is 15.9 Å². The van der Waals surface area contributed by atoms with Crippen LogP contribution in [0.1, 0.15) is 5.56 Å². The van der Waals surface area contributed by atoms with Gasteiger partial charge in [-0.1, -0.05) is 15.9 Å². The summed E-state index contributed by atoms with van der Waals surface area (Å²) in [5.41, 5.74) is 2.06. The lowest BCUT2D eigenvalue weighted by Gasteiger charge is -2.27. The van der Waals surface area contributed by atoms with Gasteiger partial charge in [0.1, 0.15) is 11.9 Å². The predicted octanol–water partition coefficient (Wildman–Crippen LogP) is 1.92. The lowest BCUT2D eigenvalue weighted by Crippen LogP contribution is -2.34. The van der Waals surface area contributed by atoms with Crippen molar-refractivity contribution in [3.63, 3.8) is 0 Å². The molecule has 0 radical (unpaired) electrons. The van der Waals surface area contributed by atoms with Crippen LogP contribution in [0.4, 0.5) is 5.69 Å². The summed E-state index contributed by atoms with van der Waals surface area (Å²) in [5.74, 6) is 0.846. The average molecular weight is 258 g/mol. The Kier molecular flexibility index (Phi) is 2.65. The van der Waals surface area contributed by atoms with Crippen LogP contribution in [0.25, 0.3) is 0 Å². The molecule has 14 heavy (non-hydrogen) atoms. The van der Waals surface area contributed by atoms with Gasteiger partial charge in [0.25, 0.3) is 0 Å². The minimum atomic E-state index is -0.137. The molecule has 0 spiro atoms. The fourth-order valence-corrected chi connectivity index (χ4v) is 2.12. The Morgan fingerprint density at radius 3 is 3.14 bits per heavy atom. The molecule has 0 unspecified atom stereocenters. The first-order valence-corrected chi connectivity index (χ1v) is 5.31. The summed E-state index contributed by atoms with van der Waals surface area (Å²) in [6.45, 7) is 2.69. The van der Waals surface area contributed by atoms with Crippen molar-refractivity contribution in [3.8, 4) is 5.75 Å². The second-order valence-electron chi connectivity index (χ2n) is 3.40. The zero-order chi connectivity index (χ0) is 10.1. The topological polar surface area (TPSA) is 41.5 Å². The van der Waals surface area contributed by atoms with Crippen molar-refractivity contribution in [2.24, 2.45) is 0 Å². The van der Waals surface area contributed by atoms with E-state index >= 15 is 0 Å². The molecular weight excluding hydrogens is 246 g/mol. The van der Waals surface area contributed by atoms with Gasteiger partial charge in [0.2, 0.25) is 0 Å². The van der Waals surface area contributed by atoms with Gasteiger partial charge in [-0.25, -0.2) is 0 Å². The highest BCUT2D eigenvalue weighted by molar-refractivity contribution is 9.10. The Balaban J connectivity index is 2.37. The molecule has 1 aromatic rings. The summed E-state index contributed by atoms with van der Waals surface area (Å²) in [6, 6.07) is 3.98. The predicted molar refractivity (Wildman–Crippen MR) is 58.9 cm³/mol. The Labute approximate surface area is 91.2 Å². The number of aliphatic hydroxyl groups is 1. The fourth-order valence-electron chi connectivity index (χ4n) is 1.55. The van der Waals surface area contributed by atoms with E-state index in [1.165, 1.54) is 0 Å². The lowest BCUT2D eigenvalue weighted by atomic mass is 10.1. The van der Waals surface area contributed by atoms with E-state index in [4.69, 9.17) is 9.84 Å². The Bertz CT molecular complexity index is 354. The molecule has 2 N–H and O–H groups in total. The summed E-state index contributed by atoms with van der Waals surface area (Å²) >= 11 is 3.43. The molecular formula is C10H12BrNO2. The smallest absolute Gasteiger partial charge is 0.146 e. The minimum absolute atomic E-state index is 0.0436. The molecule has 0 saturated heterocycles. The molecule has 1 atom stereocenters. The number of halogens is 1. The molecule has 1 heterocycles. The molecule has 1 aliphatic heterocycles. The van der Waals surface area contributed by atoms with E-state index in [1.54, 1.807) is 0 Å². The monoisotopic (exact) mass is 257 g/mol. The van der Waals surface area contributed by atoms with Crippen molar-refractivity contribution in [1.29, 1.82) is 0 Å². The Hall–Kier alpha value is -0.740. The van der Waals surface area contributed by atoms with Gasteiger partial charge >= 0.3 is 0 Å². The number of anilines is 1. The number of hydrogen-bond donors (Lipinski definition) is 2. The number of fused-ring (bicyclic) bond motifs is 1. The first kappa shape index (κ1) is 9.80. The number of hydrogen-bond acceptors (Lipinski definition) is 3. The zero-order valence-electron chi connectivity index (χ0n) is 7.88. The van der Waals surface area contributed by atoms with E-state index in [1.807, 2.05) is 19.1 Å². The first-order chi connectivity index (χ1) is 6.70. The van der Waals surface area contributed by atoms with Crippen LogP contribution in [0.15, 0.2) is 16.6 Å². The molecule has 0 aliphatic carbocycles. The van der Waals surface area contributed by atoms with Crippen molar-refractivity contribution >= 4 is 21.6 Å². The van der Waals surface area contributed by atoms with Gasteiger partial charge in [0, 0.05) is 4.47 Å². The highest BCUT2D eigenvalue weighted by atomic mass is 79.9. The molecule has 4 heteroatoms. The first-order valence-electron chi connectivity index (χ1n) is 4.52. The maximum atomic E-state index is 8.99. The second-order valence-corrected chi connectivity index (χ2v) is 4.32. The van der Waals surface area contributed by atoms with E-state index in [2.05, 4.69) is 21.2 Å². The molecule has 1 aliphatic rings. The van der Waals surface area contributed by atoms with Gasteiger partial charge in [-0.05, 0) is 24.6 Å². The molecule has 3 nitrogen and oxygen atoms in total. The maximum Gasteiger partial charge on any atom is 0.146 e. The second kappa shape index (κ2) is 3.79. The number of aryl methyl sites for hydroxylation is 1. The summed E-state index contributed by atoms with van der Waals surface area (Å²) in [6.07, 6.45) is -0.137. The van der Waals surface area contributed by atoms with E-state index in [0.29, 0.717) is 6.54 Å². The molecule has 1 aromatic carbocycles. The molecule has 0 saturated carbocycles. The summed E-state index contributed by atoms with van der Waals surface area (Å²) in [7, 11) is 0. The molecule has 2 rings (SSSR count). The lowest BCUT2D eigenvalue weighted by molar-refractivity contribution is 0.119. The molecule has 76 valence electrons. The SMILES string of the molecule is Cc1cc(Br)cc2c1O[C@@H](CO)CN2. The number of rotatable bonds is 1. The zero-order valence-corrected chi connectivity index (χ0v) is 9.47. The van der Waals surface area contributed by atoms with Crippen LogP contribution in [0.2, 0.25) is 0 Å². The van der Waals surface area contributed by atoms with E-state index in [9.17, 15) is 0 Å². The average Bonchev–Trinajstić information content (AvgIpc) is 2.17. The molecule has 0 aromatic heterocycles. The largest absolute Gasteiger partial charge is 0.484 e. The van der Waals surface area contributed by atoms with Crippen LogP contribution in [0.5, 0.6) is 5.75 Å². The number of benzene rings is 1.